The molecule has 0 atom stereocenters. The van der Waals surface area contributed by atoms with Crippen molar-refractivity contribution in [3.8, 4) is 0 Å². The van der Waals surface area contributed by atoms with Crippen molar-refractivity contribution >= 4 is 24.0 Å². The van der Waals surface area contributed by atoms with Gasteiger partial charge in [-0.2, -0.15) is 10.1 Å². The van der Waals surface area contributed by atoms with Crippen LogP contribution < -0.4 is 10.7 Å². The van der Waals surface area contributed by atoms with Crippen LogP contribution in [0.25, 0.3) is 6.08 Å². The molecule has 2 amide bonds. The van der Waals surface area contributed by atoms with E-state index in [1.807, 2.05) is 54.6 Å². The Balaban J connectivity index is 2.08. The SMILES string of the molecule is NC(=O)N(N=CC=Cc1ccccc1)c1ccccc1. The number of nitrogens with zero attached hydrogens (tertiary/aromatic N) is 2. The van der Waals surface area contributed by atoms with Crippen LogP contribution in [-0.4, -0.2) is 12.2 Å². The van der Waals surface area contributed by atoms with Crippen LogP contribution in [0.3, 0.4) is 0 Å². The van der Waals surface area contributed by atoms with Crippen molar-refractivity contribution in [1.29, 1.82) is 0 Å². The predicted octanol–water partition coefficient (Wildman–Crippen LogP) is 3.27. The molecule has 4 heteroatoms. The number of primary amides is 1. The summed E-state index contributed by atoms with van der Waals surface area (Å²) in [5.74, 6) is 0. The van der Waals surface area contributed by atoms with Crippen molar-refractivity contribution in [3.05, 3.63) is 72.3 Å². The second-order valence-corrected chi connectivity index (χ2v) is 4.02. The third-order valence-corrected chi connectivity index (χ3v) is 2.57. The first kappa shape index (κ1) is 13.5. The number of hydrazone groups is 1. The summed E-state index contributed by atoms with van der Waals surface area (Å²) in [5.41, 5.74) is 7.00. The lowest BCUT2D eigenvalue weighted by Crippen LogP contribution is -2.31. The summed E-state index contributed by atoms with van der Waals surface area (Å²) in [6.07, 6.45) is 5.19. The lowest BCUT2D eigenvalue weighted by Gasteiger charge is -2.13. The summed E-state index contributed by atoms with van der Waals surface area (Å²) in [5, 5.41) is 5.20. The molecule has 0 heterocycles. The van der Waals surface area contributed by atoms with E-state index in [-0.39, 0.29) is 0 Å². The highest BCUT2D eigenvalue weighted by molar-refractivity contribution is 5.92. The average molecular weight is 265 g/mol. The Kier molecular flexibility index (Phi) is 4.67. The number of carbonyl (C=O) groups excluding carboxylic acids is 1. The van der Waals surface area contributed by atoms with Gasteiger partial charge in [-0.15, -0.1) is 0 Å². The van der Waals surface area contributed by atoms with Gasteiger partial charge in [0.05, 0.1) is 5.69 Å². The minimum atomic E-state index is -0.624. The van der Waals surface area contributed by atoms with E-state index in [9.17, 15) is 4.79 Å². The minimum absolute atomic E-state index is 0.624. The van der Waals surface area contributed by atoms with Gasteiger partial charge in [0.1, 0.15) is 0 Å². The maximum Gasteiger partial charge on any atom is 0.340 e. The molecule has 0 spiro atoms. The van der Waals surface area contributed by atoms with Crippen molar-refractivity contribution in [2.24, 2.45) is 10.8 Å². The van der Waals surface area contributed by atoms with E-state index in [0.29, 0.717) is 5.69 Å². The molecule has 2 aromatic rings. The highest BCUT2D eigenvalue weighted by atomic mass is 16.2. The summed E-state index contributed by atoms with van der Waals surface area (Å²) in [6.45, 7) is 0. The average Bonchev–Trinajstić information content (AvgIpc) is 2.49. The van der Waals surface area contributed by atoms with Gasteiger partial charge in [0.15, 0.2) is 0 Å². The van der Waals surface area contributed by atoms with Gasteiger partial charge in [-0.05, 0) is 23.8 Å². The zero-order valence-electron chi connectivity index (χ0n) is 10.9. The van der Waals surface area contributed by atoms with Crippen LogP contribution in [0.2, 0.25) is 0 Å². The molecule has 20 heavy (non-hydrogen) atoms. The summed E-state index contributed by atoms with van der Waals surface area (Å²) >= 11 is 0. The Hall–Kier alpha value is -2.88. The standard InChI is InChI=1S/C16H15N3O/c17-16(20)19(15-11-5-2-6-12-15)18-13-7-10-14-8-3-1-4-9-14/h1-13H,(H2,17,20). The third kappa shape index (κ3) is 3.81. The van der Waals surface area contributed by atoms with Crippen LogP contribution in [-0.2, 0) is 0 Å². The zero-order valence-corrected chi connectivity index (χ0v) is 10.9. The van der Waals surface area contributed by atoms with Crippen molar-refractivity contribution in [2.75, 3.05) is 5.01 Å². The van der Waals surface area contributed by atoms with Gasteiger partial charge < -0.3 is 5.73 Å². The van der Waals surface area contributed by atoms with Crippen molar-refractivity contribution in [3.63, 3.8) is 0 Å². The molecule has 0 saturated carbocycles. The molecule has 0 aliphatic carbocycles. The number of hydrogen-bond donors (Lipinski definition) is 1. The molecule has 4 nitrogen and oxygen atoms in total. The molecule has 0 unspecified atom stereocenters. The van der Waals surface area contributed by atoms with Crippen LogP contribution in [0, 0.1) is 0 Å². The Morgan fingerprint density at radius 3 is 2.20 bits per heavy atom. The third-order valence-electron chi connectivity index (χ3n) is 2.57. The normalized spacial score (nSPS) is 11.0. The maximum absolute atomic E-state index is 11.4. The van der Waals surface area contributed by atoms with Gasteiger partial charge in [0.25, 0.3) is 0 Å². The van der Waals surface area contributed by atoms with E-state index in [4.69, 9.17) is 5.73 Å². The molecular formula is C16H15N3O. The number of para-hydroxylation sites is 1. The van der Waals surface area contributed by atoms with E-state index in [0.717, 1.165) is 10.6 Å². The maximum atomic E-state index is 11.4. The quantitative estimate of drug-likeness (QED) is 0.669. The Morgan fingerprint density at radius 2 is 1.60 bits per heavy atom. The topological polar surface area (TPSA) is 58.7 Å². The van der Waals surface area contributed by atoms with Gasteiger partial charge in [0, 0.05) is 6.21 Å². The molecule has 2 rings (SSSR count). The highest BCUT2D eigenvalue weighted by Crippen LogP contribution is 2.12. The van der Waals surface area contributed by atoms with Crippen molar-refractivity contribution < 1.29 is 4.79 Å². The van der Waals surface area contributed by atoms with Crippen LogP contribution in [0.1, 0.15) is 5.56 Å². The number of carbonyl (C=O) groups is 1. The summed E-state index contributed by atoms with van der Waals surface area (Å²) in [6, 6.07) is 18.2. The minimum Gasteiger partial charge on any atom is -0.350 e. The van der Waals surface area contributed by atoms with Crippen molar-refractivity contribution in [1.82, 2.24) is 0 Å². The van der Waals surface area contributed by atoms with E-state index < -0.39 is 6.03 Å². The molecule has 0 fully saturated rings. The number of nitrogens with two attached hydrogens (primary N) is 1. The first-order valence-corrected chi connectivity index (χ1v) is 6.17. The first-order valence-electron chi connectivity index (χ1n) is 6.17. The number of benzene rings is 2. The fourth-order valence-electron chi connectivity index (χ4n) is 1.64. The van der Waals surface area contributed by atoms with Gasteiger partial charge >= 0.3 is 6.03 Å². The molecule has 0 radical (unpaired) electrons. The fraction of sp³-hybridized carbons (Fsp3) is 0. The van der Waals surface area contributed by atoms with Gasteiger partial charge in [0.2, 0.25) is 0 Å². The second kappa shape index (κ2) is 6.89. The van der Waals surface area contributed by atoms with Crippen LogP contribution in [0.4, 0.5) is 10.5 Å². The van der Waals surface area contributed by atoms with Crippen molar-refractivity contribution in [2.45, 2.75) is 0 Å². The summed E-state index contributed by atoms with van der Waals surface area (Å²) in [7, 11) is 0. The molecule has 0 aliphatic heterocycles. The van der Waals surface area contributed by atoms with Gasteiger partial charge in [-0.25, -0.2) is 4.79 Å². The first-order chi connectivity index (χ1) is 9.77. The molecule has 0 bridgehead atoms. The number of amides is 2. The van der Waals surface area contributed by atoms with Gasteiger partial charge in [-0.3, -0.25) is 0 Å². The van der Waals surface area contributed by atoms with Crippen LogP contribution in [0.5, 0.6) is 0 Å². The zero-order chi connectivity index (χ0) is 14.2. The second-order valence-electron chi connectivity index (χ2n) is 4.02. The largest absolute Gasteiger partial charge is 0.350 e. The Bertz CT molecular complexity index is 606. The molecular weight excluding hydrogens is 250 g/mol. The Morgan fingerprint density at radius 1 is 1.00 bits per heavy atom. The van der Waals surface area contributed by atoms with E-state index in [2.05, 4.69) is 5.10 Å². The highest BCUT2D eigenvalue weighted by Gasteiger charge is 2.08. The Labute approximate surface area is 117 Å². The van der Waals surface area contributed by atoms with E-state index >= 15 is 0 Å². The van der Waals surface area contributed by atoms with E-state index in [1.54, 1.807) is 18.2 Å². The lowest BCUT2D eigenvalue weighted by molar-refractivity contribution is 0.254. The number of rotatable bonds is 4. The van der Waals surface area contributed by atoms with Crippen LogP contribution >= 0.6 is 0 Å². The van der Waals surface area contributed by atoms with Gasteiger partial charge in [-0.1, -0.05) is 54.6 Å². The number of hydrogen-bond acceptors (Lipinski definition) is 2. The van der Waals surface area contributed by atoms with Crippen LogP contribution in [0.15, 0.2) is 71.8 Å². The monoisotopic (exact) mass is 265 g/mol. The molecule has 0 saturated heterocycles. The predicted molar refractivity (Wildman–Crippen MR) is 82.5 cm³/mol. The molecule has 0 aliphatic rings. The number of urea groups is 1. The molecule has 2 N–H and O–H groups in total. The summed E-state index contributed by atoms with van der Waals surface area (Å²) < 4.78 is 0. The number of anilines is 1. The smallest absolute Gasteiger partial charge is 0.340 e. The number of allylic oxidation sites excluding steroid dienone is 1. The summed E-state index contributed by atoms with van der Waals surface area (Å²) in [4.78, 5) is 11.4. The fourth-order valence-corrected chi connectivity index (χ4v) is 1.64. The molecule has 100 valence electrons. The molecule has 0 aromatic heterocycles. The molecule has 2 aromatic carbocycles. The van der Waals surface area contributed by atoms with E-state index in [1.165, 1.54) is 6.21 Å². The lowest BCUT2D eigenvalue weighted by atomic mass is 10.2.